The molecule has 43 heavy (non-hydrogen) atoms. The molecular formula is C32H43N5O6. The third-order valence-electron chi connectivity index (χ3n) is 8.23. The van der Waals surface area contributed by atoms with Crippen LogP contribution in [-0.2, 0) is 28.7 Å². The maximum atomic E-state index is 13.5. The molecule has 0 aliphatic carbocycles. The molecular weight excluding hydrogens is 550 g/mol. The van der Waals surface area contributed by atoms with Crippen molar-refractivity contribution in [2.45, 2.75) is 71.7 Å². The molecule has 1 saturated heterocycles. The van der Waals surface area contributed by atoms with Crippen molar-refractivity contribution >= 4 is 40.7 Å². The zero-order valence-electron chi connectivity index (χ0n) is 26.0. The van der Waals surface area contributed by atoms with Crippen molar-refractivity contribution in [2.24, 2.45) is 11.3 Å². The number of nitrogens with zero attached hydrogens (tertiary/aromatic N) is 3. The first kappa shape index (κ1) is 32.1. The number of cyclic esters (lactones) is 1. The lowest BCUT2D eigenvalue weighted by molar-refractivity contribution is -0.168. The molecule has 3 amide bonds. The van der Waals surface area contributed by atoms with Crippen LogP contribution in [0.5, 0.6) is 0 Å². The number of amides is 3. The number of fused-ring (bicyclic) bond motifs is 4. The minimum Gasteiger partial charge on any atom is -0.451 e. The molecule has 2 N–H and O–H groups in total. The largest absolute Gasteiger partial charge is 0.451 e. The van der Waals surface area contributed by atoms with E-state index in [0.717, 1.165) is 22.2 Å². The summed E-state index contributed by atoms with van der Waals surface area (Å²) in [6, 6.07) is 7.81. The van der Waals surface area contributed by atoms with Gasteiger partial charge in [-0.15, -0.1) is 0 Å². The summed E-state index contributed by atoms with van der Waals surface area (Å²) in [5, 5.41) is 5.04. The first-order valence-electron chi connectivity index (χ1n) is 14.8. The van der Waals surface area contributed by atoms with Gasteiger partial charge in [0, 0.05) is 26.1 Å². The lowest BCUT2D eigenvalue weighted by Gasteiger charge is -2.37. The molecule has 1 aromatic heterocycles. The van der Waals surface area contributed by atoms with Crippen LogP contribution in [0.1, 0.15) is 64.8 Å². The fourth-order valence-electron chi connectivity index (χ4n) is 5.33. The van der Waals surface area contributed by atoms with E-state index in [1.807, 2.05) is 37.3 Å². The molecule has 0 spiro atoms. The van der Waals surface area contributed by atoms with Gasteiger partial charge in [-0.2, -0.15) is 0 Å². The van der Waals surface area contributed by atoms with Gasteiger partial charge in [-0.1, -0.05) is 44.2 Å². The van der Waals surface area contributed by atoms with Crippen molar-refractivity contribution in [3.8, 4) is 0 Å². The number of pyridine rings is 1. The quantitative estimate of drug-likeness (QED) is 0.520. The lowest BCUT2D eigenvalue weighted by Crippen LogP contribution is -2.61. The Morgan fingerprint density at radius 2 is 1.84 bits per heavy atom. The predicted molar refractivity (Wildman–Crippen MR) is 162 cm³/mol. The summed E-state index contributed by atoms with van der Waals surface area (Å²) >= 11 is 0. The van der Waals surface area contributed by atoms with Crippen LogP contribution in [0.2, 0.25) is 0 Å². The number of rotatable bonds is 3. The van der Waals surface area contributed by atoms with Crippen molar-refractivity contribution in [1.29, 1.82) is 0 Å². The van der Waals surface area contributed by atoms with Crippen LogP contribution in [0, 0.1) is 11.3 Å². The topological polar surface area (TPSA) is 130 Å². The lowest BCUT2D eigenvalue weighted by atomic mass is 9.90. The number of hydrogen-bond donors (Lipinski definition) is 2. The summed E-state index contributed by atoms with van der Waals surface area (Å²) in [7, 11) is 3.23. The van der Waals surface area contributed by atoms with Crippen molar-refractivity contribution in [3.63, 3.8) is 0 Å². The van der Waals surface area contributed by atoms with E-state index in [1.54, 1.807) is 51.8 Å². The van der Waals surface area contributed by atoms with Crippen LogP contribution in [-0.4, -0.2) is 84.1 Å². The van der Waals surface area contributed by atoms with E-state index in [0.29, 0.717) is 19.4 Å². The highest BCUT2D eigenvalue weighted by molar-refractivity contribution is 5.91. The Morgan fingerprint density at radius 3 is 2.53 bits per heavy atom. The number of hydrazine groups is 1. The molecule has 0 saturated carbocycles. The van der Waals surface area contributed by atoms with Crippen LogP contribution in [0.25, 0.3) is 17.0 Å². The number of carbonyl (C=O) groups is 4. The summed E-state index contributed by atoms with van der Waals surface area (Å²) in [6.07, 6.45) is 3.56. The van der Waals surface area contributed by atoms with Gasteiger partial charge in [-0.05, 0) is 57.2 Å². The summed E-state index contributed by atoms with van der Waals surface area (Å²) < 4.78 is 11.2. The van der Waals surface area contributed by atoms with Gasteiger partial charge in [0.15, 0.2) is 6.10 Å². The Morgan fingerprint density at radius 1 is 1.12 bits per heavy atom. The van der Waals surface area contributed by atoms with E-state index < -0.39 is 35.5 Å². The van der Waals surface area contributed by atoms with Gasteiger partial charge in [0.05, 0.1) is 23.9 Å². The molecule has 11 heteroatoms. The van der Waals surface area contributed by atoms with E-state index in [1.165, 1.54) is 12.1 Å². The normalized spacial score (nSPS) is 28.7. The highest BCUT2D eigenvalue weighted by Crippen LogP contribution is 2.27. The minimum atomic E-state index is -1.20. The average molecular weight is 594 g/mol. The Balaban J connectivity index is 1.77. The zero-order chi connectivity index (χ0) is 31.5. The Hall–Kier alpha value is -3.83. The standard InChI is InChI=1S/C32H43N5O6/c1-19(2)27-28(38)33-20(3)29(39)37-16-8-9-25(35-37)30(40)36(6)21(4)24-13-12-23-11-10-22(17-26(23)34-24)14-15-32(5,18-42-7)31(41)43-27/h10-15,17,19-21,25,27,35H,8-9,16,18H2,1-7H3,(H,33,38)/b15-14-/t20-,21+,25-,27-,32+/m0/s1. The number of nitrogens with one attached hydrogen (secondary N) is 2. The van der Waals surface area contributed by atoms with Gasteiger partial charge in [-0.25, -0.2) is 5.43 Å². The third kappa shape index (κ3) is 7.05. The number of esters is 1. The maximum absolute atomic E-state index is 13.5. The van der Waals surface area contributed by atoms with Gasteiger partial charge >= 0.3 is 5.97 Å². The highest BCUT2D eigenvalue weighted by Gasteiger charge is 2.39. The number of aromatic nitrogens is 1. The van der Waals surface area contributed by atoms with Crippen LogP contribution in [0.15, 0.2) is 36.4 Å². The van der Waals surface area contributed by atoms with Crippen molar-refractivity contribution < 1.29 is 28.7 Å². The molecule has 4 rings (SSSR count). The molecule has 3 heterocycles. The van der Waals surface area contributed by atoms with Gasteiger partial charge < -0.3 is 19.7 Å². The zero-order valence-corrected chi connectivity index (χ0v) is 26.0. The van der Waals surface area contributed by atoms with Crippen LogP contribution < -0.4 is 10.7 Å². The van der Waals surface area contributed by atoms with Crippen LogP contribution >= 0.6 is 0 Å². The average Bonchev–Trinajstić information content (AvgIpc) is 3.00. The summed E-state index contributed by atoms with van der Waals surface area (Å²) in [6.45, 7) is 9.14. The van der Waals surface area contributed by atoms with E-state index in [9.17, 15) is 19.2 Å². The van der Waals surface area contributed by atoms with E-state index >= 15 is 0 Å². The van der Waals surface area contributed by atoms with Crippen molar-refractivity contribution in [1.82, 2.24) is 25.6 Å². The number of benzene rings is 1. The molecule has 5 bridgehead atoms. The first-order valence-corrected chi connectivity index (χ1v) is 14.8. The second-order valence-electron chi connectivity index (χ2n) is 12.1. The maximum Gasteiger partial charge on any atom is 0.318 e. The van der Waals surface area contributed by atoms with Gasteiger partial charge in [0.2, 0.25) is 5.91 Å². The number of methoxy groups -OCH3 is 1. The van der Waals surface area contributed by atoms with Crippen LogP contribution in [0.4, 0.5) is 0 Å². The monoisotopic (exact) mass is 593 g/mol. The Kier molecular flexibility index (Phi) is 9.86. The molecule has 2 aliphatic heterocycles. The van der Waals surface area contributed by atoms with E-state index in [-0.39, 0.29) is 30.4 Å². The molecule has 1 fully saturated rings. The number of likely N-dealkylation sites (N-methyl/N-ethyl adjacent to an activating group) is 1. The van der Waals surface area contributed by atoms with Crippen molar-refractivity contribution in [2.75, 3.05) is 27.3 Å². The highest BCUT2D eigenvalue weighted by atomic mass is 16.6. The predicted octanol–water partition coefficient (Wildman–Crippen LogP) is 3.00. The van der Waals surface area contributed by atoms with Gasteiger partial charge in [0.25, 0.3) is 11.8 Å². The molecule has 232 valence electrons. The summed E-state index contributed by atoms with van der Waals surface area (Å²) in [4.78, 5) is 60.3. The number of hydrogen-bond acceptors (Lipinski definition) is 8. The van der Waals surface area contributed by atoms with Gasteiger partial charge in [0.1, 0.15) is 17.5 Å². The SMILES string of the molecule is COC[C@@]1(C)/C=C\c2ccc3ccc(nc3c2)[C@@H](C)N(C)C(=O)[C@@H]2CCCN(N2)C(=O)[C@H](C)NC(=O)[C@H](C(C)C)OC1=O. The summed E-state index contributed by atoms with van der Waals surface area (Å²) in [5.74, 6) is -2.11. The number of carbonyl (C=O) groups excluding carboxylic acids is 4. The Bertz CT molecular complexity index is 1410. The van der Waals surface area contributed by atoms with E-state index in [4.69, 9.17) is 14.5 Å². The van der Waals surface area contributed by atoms with Gasteiger partial charge in [-0.3, -0.25) is 29.2 Å². The van der Waals surface area contributed by atoms with E-state index in [2.05, 4.69) is 10.7 Å². The molecule has 2 aromatic rings. The minimum absolute atomic E-state index is 0.0271. The third-order valence-corrected chi connectivity index (χ3v) is 8.23. The fraction of sp³-hybridized carbons (Fsp3) is 0.531. The summed E-state index contributed by atoms with van der Waals surface area (Å²) in [5.41, 5.74) is 4.15. The van der Waals surface area contributed by atoms with Crippen LogP contribution in [0.3, 0.4) is 0 Å². The molecule has 1 aromatic carbocycles. The second-order valence-corrected chi connectivity index (χ2v) is 12.1. The fourth-order valence-corrected chi connectivity index (χ4v) is 5.33. The van der Waals surface area contributed by atoms with Crippen molar-refractivity contribution in [3.05, 3.63) is 47.7 Å². The molecule has 5 atom stereocenters. The Labute approximate surface area is 252 Å². The molecule has 11 nitrogen and oxygen atoms in total. The molecule has 0 radical (unpaired) electrons. The smallest absolute Gasteiger partial charge is 0.318 e. The second kappa shape index (κ2) is 13.2. The number of ether oxygens (including phenoxy) is 2. The molecule has 0 unspecified atom stereocenters. The first-order chi connectivity index (χ1) is 20.3. The molecule has 2 aliphatic rings.